The Balaban J connectivity index is 1.80. The number of aromatic nitrogens is 2. The molecule has 0 unspecified atom stereocenters. The van der Waals surface area contributed by atoms with E-state index >= 15 is 0 Å². The van der Waals surface area contributed by atoms with Crippen molar-refractivity contribution in [3.63, 3.8) is 0 Å². The predicted octanol–water partition coefficient (Wildman–Crippen LogP) is 4.98. The zero-order chi connectivity index (χ0) is 21.9. The van der Waals surface area contributed by atoms with Crippen molar-refractivity contribution in [2.75, 3.05) is 0 Å². The zero-order valence-corrected chi connectivity index (χ0v) is 16.3. The molecule has 0 aliphatic rings. The first kappa shape index (κ1) is 21.5. The van der Waals surface area contributed by atoms with Gasteiger partial charge in [0.15, 0.2) is 11.8 Å². The minimum atomic E-state index is -4.62. The van der Waals surface area contributed by atoms with Crippen LogP contribution in [0.3, 0.4) is 0 Å². The van der Waals surface area contributed by atoms with Crippen LogP contribution in [0, 0.1) is 0 Å². The number of halogens is 4. The Labute approximate surface area is 174 Å². The van der Waals surface area contributed by atoms with Gasteiger partial charge in [0.2, 0.25) is 0 Å². The molecule has 0 saturated carbocycles. The molecule has 0 bridgehead atoms. The molecule has 2 aromatic carbocycles. The molecule has 0 aliphatic carbocycles. The van der Waals surface area contributed by atoms with Crippen molar-refractivity contribution < 1.29 is 32.5 Å². The summed E-state index contributed by atoms with van der Waals surface area (Å²) in [5, 5.41) is 12.7. The first-order valence-electron chi connectivity index (χ1n) is 8.68. The number of alkyl halides is 3. The van der Waals surface area contributed by atoms with Crippen molar-refractivity contribution in [2.24, 2.45) is 0 Å². The Hall–Kier alpha value is -3.20. The molecule has 0 fully saturated rings. The third kappa shape index (κ3) is 5.04. The summed E-state index contributed by atoms with van der Waals surface area (Å²) >= 11 is 6.11. The van der Waals surface area contributed by atoms with Gasteiger partial charge in [0.25, 0.3) is 0 Å². The van der Waals surface area contributed by atoms with Crippen LogP contribution >= 0.6 is 11.6 Å². The molecule has 158 valence electrons. The van der Waals surface area contributed by atoms with Crippen LogP contribution in [-0.2, 0) is 17.6 Å². The molecule has 0 saturated heterocycles. The van der Waals surface area contributed by atoms with Gasteiger partial charge in [-0.1, -0.05) is 23.7 Å². The fourth-order valence-corrected chi connectivity index (χ4v) is 2.74. The van der Waals surface area contributed by atoms with E-state index in [2.05, 4.69) is 5.10 Å². The summed E-state index contributed by atoms with van der Waals surface area (Å²) in [6.07, 6.45) is -5.65. The van der Waals surface area contributed by atoms with Gasteiger partial charge in [-0.2, -0.15) is 18.3 Å². The van der Waals surface area contributed by atoms with Crippen LogP contribution in [0.4, 0.5) is 13.2 Å². The summed E-state index contributed by atoms with van der Waals surface area (Å²) in [4.78, 5) is 10.8. The topological polar surface area (TPSA) is 73.6 Å². The van der Waals surface area contributed by atoms with E-state index in [0.29, 0.717) is 17.2 Å². The van der Waals surface area contributed by atoms with Gasteiger partial charge in [0, 0.05) is 0 Å². The number of para-hydroxylation sites is 1. The number of ether oxygens (including phenoxy) is 2. The van der Waals surface area contributed by atoms with E-state index in [0.717, 1.165) is 10.7 Å². The van der Waals surface area contributed by atoms with Gasteiger partial charge in [0.1, 0.15) is 18.1 Å². The maximum Gasteiger partial charge on any atom is 0.435 e. The second-order valence-corrected chi connectivity index (χ2v) is 6.65. The zero-order valence-electron chi connectivity index (χ0n) is 15.6. The van der Waals surface area contributed by atoms with Crippen molar-refractivity contribution in [2.45, 2.75) is 25.8 Å². The van der Waals surface area contributed by atoms with Gasteiger partial charge in [-0.25, -0.2) is 9.48 Å². The maximum absolute atomic E-state index is 13.2. The van der Waals surface area contributed by atoms with Crippen molar-refractivity contribution in [3.05, 3.63) is 71.0 Å². The number of benzene rings is 2. The third-order valence-corrected chi connectivity index (χ3v) is 4.34. The summed E-state index contributed by atoms with van der Waals surface area (Å²) in [7, 11) is 0. The fourth-order valence-electron chi connectivity index (χ4n) is 2.52. The number of hydrogen-bond acceptors (Lipinski definition) is 4. The highest BCUT2D eigenvalue weighted by Gasteiger charge is 2.35. The van der Waals surface area contributed by atoms with Crippen LogP contribution < -0.4 is 9.47 Å². The lowest BCUT2D eigenvalue weighted by molar-refractivity contribution is -0.144. The van der Waals surface area contributed by atoms with E-state index in [1.807, 2.05) is 0 Å². The van der Waals surface area contributed by atoms with Crippen LogP contribution in [0.25, 0.3) is 5.69 Å². The van der Waals surface area contributed by atoms with E-state index in [1.54, 1.807) is 24.3 Å². The molecule has 1 atom stereocenters. The lowest BCUT2D eigenvalue weighted by atomic mass is 10.3. The first-order valence-corrected chi connectivity index (χ1v) is 9.06. The average molecular weight is 441 g/mol. The molecule has 1 aromatic heterocycles. The molecule has 1 heterocycles. The van der Waals surface area contributed by atoms with Crippen molar-refractivity contribution in [1.82, 2.24) is 9.78 Å². The summed E-state index contributed by atoms with van der Waals surface area (Å²) < 4.78 is 51.4. The molecular formula is C20H16ClF3N2O4. The number of carboxylic acid groups (broad SMARTS) is 1. The second kappa shape index (κ2) is 8.66. The van der Waals surface area contributed by atoms with Gasteiger partial charge in [-0.3, -0.25) is 0 Å². The number of nitrogens with zero attached hydrogens (tertiary/aromatic N) is 2. The van der Waals surface area contributed by atoms with Gasteiger partial charge in [-0.05, 0) is 49.4 Å². The maximum atomic E-state index is 13.2. The minimum Gasteiger partial charge on any atom is -0.487 e. The summed E-state index contributed by atoms with van der Waals surface area (Å²) in [6, 6.07) is 13.3. The van der Waals surface area contributed by atoms with Crippen molar-refractivity contribution in [1.29, 1.82) is 0 Å². The quantitative estimate of drug-likeness (QED) is 0.561. The Kier molecular flexibility index (Phi) is 6.21. The van der Waals surface area contributed by atoms with Crippen LogP contribution in [0.2, 0.25) is 5.02 Å². The molecular weight excluding hydrogens is 425 g/mol. The Morgan fingerprint density at radius 1 is 1.17 bits per heavy atom. The number of carbonyl (C=O) groups is 1. The molecule has 30 heavy (non-hydrogen) atoms. The van der Waals surface area contributed by atoms with E-state index < -0.39 is 23.9 Å². The molecule has 6 nitrogen and oxygen atoms in total. The van der Waals surface area contributed by atoms with Crippen LogP contribution in [0.5, 0.6) is 11.5 Å². The summed E-state index contributed by atoms with van der Waals surface area (Å²) in [5.41, 5.74) is -0.623. The van der Waals surface area contributed by atoms with E-state index in [4.69, 9.17) is 26.2 Å². The number of rotatable bonds is 7. The summed E-state index contributed by atoms with van der Waals surface area (Å²) in [5.74, 6) is -0.438. The normalized spacial score (nSPS) is 12.4. The van der Waals surface area contributed by atoms with Gasteiger partial charge in [-0.15, -0.1) is 0 Å². The number of aliphatic carboxylic acids is 1. The van der Waals surface area contributed by atoms with Crippen LogP contribution in [-0.4, -0.2) is 27.0 Å². The first-order chi connectivity index (χ1) is 14.1. The molecule has 1 N–H and O–H groups in total. The standard InChI is InChI=1S/C20H16ClF3N2O4/c1-12(19(27)28)30-15-8-6-14(7-9-15)29-11-13-10-18(20(22,23)24)25-26(13)17-5-3-2-4-16(17)21/h2-10,12H,11H2,1H3,(H,27,28)/t12-/m1/s1. The lowest BCUT2D eigenvalue weighted by Gasteiger charge is -2.12. The Morgan fingerprint density at radius 3 is 2.40 bits per heavy atom. The van der Waals surface area contributed by atoms with E-state index in [-0.39, 0.29) is 17.3 Å². The Morgan fingerprint density at radius 2 is 1.80 bits per heavy atom. The third-order valence-electron chi connectivity index (χ3n) is 4.03. The molecule has 0 spiro atoms. The second-order valence-electron chi connectivity index (χ2n) is 6.24. The summed E-state index contributed by atoms with van der Waals surface area (Å²) in [6.45, 7) is 1.18. The smallest absolute Gasteiger partial charge is 0.435 e. The average Bonchev–Trinajstić information content (AvgIpc) is 3.12. The van der Waals surface area contributed by atoms with Crippen LogP contribution in [0.15, 0.2) is 54.6 Å². The lowest BCUT2D eigenvalue weighted by Crippen LogP contribution is -2.22. The molecule has 10 heteroatoms. The van der Waals surface area contributed by atoms with Crippen molar-refractivity contribution >= 4 is 17.6 Å². The highest BCUT2D eigenvalue weighted by molar-refractivity contribution is 6.32. The SMILES string of the molecule is C[C@@H](Oc1ccc(OCc2cc(C(F)(F)F)nn2-c2ccccc2Cl)cc1)C(=O)O. The molecule has 0 aliphatic heterocycles. The molecule has 0 amide bonds. The number of hydrogen-bond donors (Lipinski definition) is 1. The van der Waals surface area contributed by atoms with Gasteiger partial charge < -0.3 is 14.6 Å². The highest BCUT2D eigenvalue weighted by Crippen LogP contribution is 2.31. The molecule has 0 radical (unpaired) electrons. The Bertz CT molecular complexity index is 1040. The van der Waals surface area contributed by atoms with E-state index in [1.165, 1.54) is 31.2 Å². The van der Waals surface area contributed by atoms with E-state index in [9.17, 15) is 18.0 Å². The van der Waals surface area contributed by atoms with Crippen LogP contribution in [0.1, 0.15) is 18.3 Å². The minimum absolute atomic E-state index is 0.148. The molecule has 3 aromatic rings. The highest BCUT2D eigenvalue weighted by atomic mass is 35.5. The van der Waals surface area contributed by atoms with Gasteiger partial charge >= 0.3 is 12.1 Å². The fraction of sp³-hybridized carbons (Fsp3) is 0.200. The predicted molar refractivity (Wildman–Crippen MR) is 102 cm³/mol. The van der Waals surface area contributed by atoms with Crippen molar-refractivity contribution in [3.8, 4) is 17.2 Å². The monoisotopic (exact) mass is 440 g/mol. The molecule has 3 rings (SSSR count). The number of carboxylic acids is 1. The van der Waals surface area contributed by atoms with Gasteiger partial charge in [0.05, 0.1) is 16.4 Å². The largest absolute Gasteiger partial charge is 0.487 e.